The lowest BCUT2D eigenvalue weighted by atomic mass is 10.1. The van der Waals surface area contributed by atoms with Gasteiger partial charge in [-0.3, -0.25) is 14.8 Å². The minimum Gasteiger partial charge on any atom is -0.395 e. The molecule has 0 spiro atoms. The van der Waals surface area contributed by atoms with Crippen molar-refractivity contribution in [3.8, 4) is 11.8 Å². The molecule has 0 aliphatic heterocycles. The molecule has 0 aromatic carbocycles. The number of rotatable bonds is 3. The van der Waals surface area contributed by atoms with Crippen LogP contribution in [0.4, 0.5) is 5.69 Å². The summed E-state index contributed by atoms with van der Waals surface area (Å²) in [4.78, 5) is 20.3. The molecule has 0 saturated heterocycles. The number of aliphatic hydroxyl groups excluding tert-OH is 1. The van der Waals surface area contributed by atoms with E-state index >= 15 is 0 Å². The van der Waals surface area contributed by atoms with E-state index in [0.29, 0.717) is 23.2 Å². The first-order valence-electron chi connectivity index (χ1n) is 6.48. The van der Waals surface area contributed by atoms with Crippen LogP contribution in [0, 0.1) is 18.8 Å². The zero-order chi connectivity index (χ0) is 15.1. The summed E-state index contributed by atoms with van der Waals surface area (Å²) in [5, 5.41) is 11.6. The van der Waals surface area contributed by atoms with Crippen LogP contribution < -0.4 is 5.32 Å². The van der Waals surface area contributed by atoms with Crippen molar-refractivity contribution >= 4 is 11.6 Å². The number of carbonyl (C=O) groups excluding carboxylic acids is 1. The van der Waals surface area contributed by atoms with Crippen molar-refractivity contribution in [2.24, 2.45) is 0 Å². The second-order valence-corrected chi connectivity index (χ2v) is 4.34. The molecule has 0 unspecified atom stereocenters. The Morgan fingerprint density at radius 1 is 1.29 bits per heavy atom. The fourth-order valence-electron chi connectivity index (χ4n) is 1.69. The van der Waals surface area contributed by atoms with Gasteiger partial charge in [0.25, 0.3) is 5.91 Å². The van der Waals surface area contributed by atoms with E-state index in [4.69, 9.17) is 5.11 Å². The van der Waals surface area contributed by atoms with Crippen molar-refractivity contribution in [2.45, 2.75) is 13.3 Å². The Bertz CT molecular complexity index is 702. The van der Waals surface area contributed by atoms with Gasteiger partial charge in [-0.1, -0.05) is 11.8 Å². The molecule has 0 saturated carbocycles. The predicted molar refractivity (Wildman–Crippen MR) is 79.7 cm³/mol. The van der Waals surface area contributed by atoms with Gasteiger partial charge in [-0.05, 0) is 24.6 Å². The Balaban J connectivity index is 2.24. The number of carbonyl (C=O) groups is 1. The summed E-state index contributed by atoms with van der Waals surface area (Å²) in [6.07, 6.45) is 6.71. The Morgan fingerprint density at radius 3 is 2.81 bits per heavy atom. The number of nitrogens with zero attached hydrogens (tertiary/aromatic N) is 2. The minimum absolute atomic E-state index is 0.0102. The predicted octanol–water partition coefficient (Wildman–Crippen LogP) is 1.77. The molecule has 2 N–H and O–H groups in total. The third-order valence-corrected chi connectivity index (χ3v) is 2.81. The monoisotopic (exact) mass is 281 g/mol. The highest BCUT2D eigenvalue weighted by Crippen LogP contribution is 2.14. The molecule has 2 aromatic rings. The van der Waals surface area contributed by atoms with Crippen LogP contribution in [-0.2, 0) is 0 Å². The van der Waals surface area contributed by atoms with Gasteiger partial charge in [-0.15, -0.1) is 0 Å². The van der Waals surface area contributed by atoms with Crippen molar-refractivity contribution in [1.82, 2.24) is 9.97 Å². The van der Waals surface area contributed by atoms with E-state index in [2.05, 4.69) is 27.1 Å². The van der Waals surface area contributed by atoms with Crippen LogP contribution >= 0.6 is 0 Å². The van der Waals surface area contributed by atoms with Gasteiger partial charge in [0, 0.05) is 25.0 Å². The van der Waals surface area contributed by atoms with Crippen molar-refractivity contribution in [3.63, 3.8) is 0 Å². The maximum absolute atomic E-state index is 12.3. The zero-order valence-electron chi connectivity index (χ0n) is 11.6. The fourth-order valence-corrected chi connectivity index (χ4v) is 1.69. The SMILES string of the molecule is Cc1ccncc1NC(=O)c1ccncc1C#CCCO. The van der Waals surface area contributed by atoms with E-state index < -0.39 is 0 Å². The van der Waals surface area contributed by atoms with Crippen LogP contribution in [0.2, 0.25) is 0 Å². The third-order valence-electron chi connectivity index (χ3n) is 2.81. The van der Waals surface area contributed by atoms with Gasteiger partial charge in [0.1, 0.15) is 0 Å². The van der Waals surface area contributed by atoms with E-state index in [1.54, 1.807) is 24.7 Å². The molecule has 0 atom stereocenters. The number of hydrogen-bond acceptors (Lipinski definition) is 4. The molecule has 0 radical (unpaired) electrons. The second-order valence-electron chi connectivity index (χ2n) is 4.34. The maximum Gasteiger partial charge on any atom is 0.257 e. The summed E-state index contributed by atoms with van der Waals surface area (Å²) >= 11 is 0. The molecule has 1 amide bonds. The number of anilines is 1. The van der Waals surface area contributed by atoms with Crippen LogP contribution in [0.1, 0.15) is 27.9 Å². The Hall–Kier alpha value is -2.71. The summed E-state index contributed by atoms with van der Waals surface area (Å²) in [6.45, 7) is 1.88. The molecule has 2 rings (SSSR count). The van der Waals surface area contributed by atoms with Crippen LogP contribution in [0.5, 0.6) is 0 Å². The summed E-state index contributed by atoms with van der Waals surface area (Å²) < 4.78 is 0. The summed E-state index contributed by atoms with van der Waals surface area (Å²) in [5.41, 5.74) is 2.57. The number of aryl methyl sites for hydroxylation is 1. The third kappa shape index (κ3) is 3.88. The van der Waals surface area contributed by atoms with Crippen LogP contribution in [0.15, 0.2) is 36.9 Å². The molecular formula is C16H15N3O2. The fraction of sp³-hybridized carbons (Fsp3) is 0.188. The van der Waals surface area contributed by atoms with Crippen LogP contribution in [0.3, 0.4) is 0 Å². The molecule has 106 valence electrons. The van der Waals surface area contributed by atoms with E-state index in [9.17, 15) is 4.79 Å². The molecular weight excluding hydrogens is 266 g/mol. The number of aliphatic hydroxyl groups is 1. The van der Waals surface area contributed by atoms with Crippen LogP contribution in [-0.4, -0.2) is 27.6 Å². The first-order chi connectivity index (χ1) is 10.2. The van der Waals surface area contributed by atoms with Gasteiger partial charge in [0.05, 0.1) is 29.6 Å². The summed E-state index contributed by atoms with van der Waals surface area (Å²) in [6, 6.07) is 3.44. The average molecular weight is 281 g/mol. The van der Waals surface area contributed by atoms with Gasteiger partial charge < -0.3 is 10.4 Å². The van der Waals surface area contributed by atoms with Gasteiger partial charge >= 0.3 is 0 Å². The molecule has 0 fully saturated rings. The maximum atomic E-state index is 12.3. The molecule has 21 heavy (non-hydrogen) atoms. The van der Waals surface area contributed by atoms with E-state index in [-0.39, 0.29) is 12.5 Å². The van der Waals surface area contributed by atoms with Gasteiger partial charge in [0.15, 0.2) is 0 Å². The zero-order valence-corrected chi connectivity index (χ0v) is 11.6. The molecule has 2 aromatic heterocycles. The molecule has 5 nitrogen and oxygen atoms in total. The highest BCUT2D eigenvalue weighted by Gasteiger charge is 2.11. The first kappa shape index (κ1) is 14.7. The Kier molecular flexibility index (Phi) is 5.02. The van der Waals surface area contributed by atoms with E-state index in [1.165, 1.54) is 6.20 Å². The molecule has 2 heterocycles. The Morgan fingerprint density at radius 2 is 2.05 bits per heavy atom. The molecule has 0 bridgehead atoms. The van der Waals surface area contributed by atoms with Gasteiger partial charge in [-0.25, -0.2) is 0 Å². The number of aromatic nitrogens is 2. The largest absolute Gasteiger partial charge is 0.395 e. The first-order valence-corrected chi connectivity index (χ1v) is 6.48. The molecule has 0 aliphatic carbocycles. The van der Waals surface area contributed by atoms with Crippen molar-refractivity contribution in [3.05, 3.63) is 53.6 Å². The highest BCUT2D eigenvalue weighted by atomic mass is 16.2. The normalized spacial score (nSPS) is 9.62. The number of pyridine rings is 2. The standard InChI is InChI=1S/C16H15N3O2/c1-12-5-7-18-11-15(12)19-16(21)14-6-8-17-10-13(14)4-2-3-9-20/h5-8,10-11,20H,3,9H2,1H3,(H,19,21). The second kappa shape index (κ2) is 7.17. The number of nitrogens with one attached hydrogen (secondary N) is 1. The summed E-state index contributed by atoms with van der Waals surface area (Å²) in [5.74, 6) is 5.37. The van der Waals surface area contributed by atoms with Crippen molar-refractivity contribution < 1.29 is 9.90 Å². The quantitative estimate of drug-likeness (QED) is 0.841. The lowest BCUT2D eigenvalue weighted by Gasteiger charge is -2.08. The van der Waals surface area contributed by atoms with Gasteiger partial charge in [0.2, 0.25) is 0 Å². The van der Waals surface area contributed by atoms with Crippen molar-refractivity contribution in [1.29, 1.82) is 0 Å². The van der Waals surface area contributed by atoms with Gasteiger partial charge in [-0.2, -0.15) is 0 Å². The smallest absolute Gasteiger partial charge is 0.257 e. The van der Waals surface area contributed by atoms with Crippen LogP contribution in [0.25, 0.3) is 0 Å². The topological polar surface area (TPSA) is 75.1 Å². The lowest BCUT2D eigenvalue weighted by Crippen LogP contribution is -2.14. The van der Waals surface area contributed by atoms with Crippen molar-refractivity contribution in [2.75, 3.05) is 11.9 Å². The highest BCUT2D eigenvalue weighted by molar-refractivity contribution is 6.06. The summed E-state index contributed by atoms with van der Waals surface area (Å²) in [7, 11) is 0. The minimum atomic E-state index is -0.262. The number of hydrogen-bond donors (Lipinski definition) is 2. The van der Waals surface area contributed by atoms with E-state index in [0.717, 1.165) is 5.56 Å². The Labute approximate surface area is 123 Å². The molecule has 0 aliphatic rings. The lowest BCUT2D eigenvalue weighted by molar-refractivity contribution is 0.102. The average Bonchev–Trinajstić information content (AvgIpc) is 2.50. The van der Waals surface area contributed by atoms with E-state index in [1.807, 2.05) is 13.0 Å². The molecule has 5 heteroatoms. The number of amides is 1.